The van der Waals surface area contributed by atoms with Crippen molar-refractivity contribution in [2.24, 2.45) is 0 Å². The molecule has 9 aromatic carbocycles. The Bertz CT molecular complexity index is 3380. The molecule has 11 aromatic rings. The molecule has 0 spiro atoms. The van der Waals surface area contributed by atoms with Gasteiger partial charge in [0, 0.05) is 32.8 Å². The summed E-state index contributed by atoms with van der Waals surface area (Å²) in [6.07, 6.45) is 0.929. The van der Waals surface area contributed by atoms with Crippen LogP contribution in [0.5, 0.6) is 0 Å². The van der Waals surface area contributed by atoms with Gasteiger partial charge in [0.15, 0.2) is 5.82 Å². The summed E-state index contributed by atoms with van der Waals surface area (Å²) in [5.41, 5.74) is 19.3. The quantitative estimate of drug-likeness (QED) is 0.169. The second-order valence-corrected chi connectivity index (χ2v) is 15.6. The Kier molecular flexibility index (Phi) is 7.92. The van der Waals surface area contributed by atoms with E-state index in [1.807, 2.05) is 36.4 Å². The van der Waals surface area contributed by atoms with Gasteiger partial charge in [0.2, 0.25) is 0 Å². The van der Waals surface area contributed by atoms with E-state index in [1.165, 1.54) is 44.3 Å². The molecule has 0 N–H and O–H groups in total. The SMILES string of the molecule is c1ccc(-c2cc(-c3ccc(-c4cccc(-c5cc6c(oc7cccc(-c8cccc9c8Cc8ccccc8-9)c76)c6ccccc56)c4)cc3)nc(-c3ccccc3)n2)cc1. The second kappa shape index (κ2) is 13.9. The normalized spacial score (nSPS) is 11.9. The number of furan rings is 1. The third-order valence-corrected chi connectivity index (χ3v) is 12.2. The molecule has 0 fully saturated rings. The molecule has 2 aromatic heterocycles. The van der Waals surface area contributed by atoms with Crippen LogP contribution in [-0.4, -0.2) is 9.97 Å². The maximum Gasteiger partial charge on any atom is 0.160 e. The van der Waals surface area contributed by atoms with E-state index < -0.39 is 0 Å². The highest BCUT2D eigenvalue weighted by Gasteiger charge is 2.24. The Morgan fingerprint density at radius 3 is 1.72 bits per heavy atom. The molecule has 1 aliphatic rings. The zero-order valence-corrected chi connectivity index (χ0v) is 32.6. The van der Waals surface area contributed by atoms with Crippen LogP contribution < -0.4 is 0 Å². The molecule has 0 radical (unpaired) electrons. The summed E-state index contributed by atoms with van der Waals surface area (Å²) in [5, 5.41) is 4.57. The molecule has 60 heavy (non-hydrogen) atoms. The Morgan fingerprint density at radius 1 is 0.350 bits per heavy atom. The summed E-state index contributed by atoms with van der Waals surface area (Å²) in [4.78, 5) is 10.0. The Hall–Kier alpha value is -7.88. The first-order valence-electron chi connectivity index (χ1n) is 20.5. The van der Waals surface area contributed by atoms with Crippen LogP contribution >= 0.6 is 0 Å². The van der Waals surface area contributed by atoms with E-state index in [4.69, 9.17) is 14.4 Å². The molecule has 0 amide bonds. The van der Waals surface area contributed by atoms with Gasteiger partial charge in [-0.3, -0.25) is 0 Å². The van der Waals surface area contributed by atoms with Gasteiger partial charge in [-0.15, -0.1) is 0 Å². The van der Waals surface area contributed by atoms with Gasteiger partial charge in [0.25, 0.3) is 0 Å². The molecule has 0 unspecified atom stereocenters. The topological polar surface area (TPSA) is 38.9 Å². The third-order valence-electron chi connectivity index (χ3n) is 12.2. The fourth-order valence-electron chi connectivity index (χ4n) is 9.29. The monoisotopic (exact) mass is 764 g/mol. The van der Waals surface area contributed by atoms with Crippen LogP contribution in [0.15, 0.2) is 211 Å². The Balaban J connectivity index is 0.960. The fraction of sp³-hybridized carbons (Fsp3) is 0.0175. The highest BCUT2D eigenvalue weighted by Crippen LogP contribution is 2.47. The zero-order valence-electron chi connectivity index (χ0n) is 32.6. The molecule has 0 bridgehead atoms. The molecule has 3 nitrogen and oxygen atoms in total. The molecule has 0 saturated heterocycles. The highest BCUT2D eigenvalue weighted by molar-refractivity contribution is 6.22. The van der Waals surface area contributed by atoms with Gasteiger partial charge in [-0.25, -0.2) is 9.97 Å². The van der Waals surface area contributed by atoms with E-state index in [2.05, 4.69) is 170 Å². The van der Waals surface area contributed by atoms with E-state index in [-0.39, 0.29) is 0 Å². The largest absolute Gasteiger partial charge is 0.455 e. The van der Waals surface area contributed by atoms with E-state index >= 15 is 0 Å². The van der Waals surface area contributed by atoms with Crippen LogP contribution in [0.4, 0.5) is 0 Å². The average molecular weight is 765 g/mol. The lowest BCUT2D eigenvalue weighted by molar-refractivity contribution is 0.673. The lowest BCUT2D eigenvalue weighted by atomic mass is 9.90. The number of benzene rings is 9. The molecule has 0 aliphatic heterocycles. The molecule has 0 saturated carbocycles. The van der Waals surface area contributed by atoms with E-state index in [0.717, 1.165) is 78.5 Å². The van der Waals surface area contributed by atoms with E-state index in [1.54, 1.807) is 0 Å². The predicted octanol–water partition coefficient (Wildman–Crippen LogP) is 15.1. The van der Waals surface area contributed by atoms with Gasteiger partial charge in [-0.2, -0.15) is 0 Å². The van der Waals surface area contributed by atoms with Crippen LogP contribution in [0.2, 0.25) is 0 Å². The molecular formula is C57H36N2O. The number of hydrogen-bond donors (Lipinski definition) is 0. The minimum Gasteiger partial charge on any atom is -0.455 e. The van der Waals surface area contributed by atoms with Crippen molar-refractivity contribution in [2.75, 3.05) is 0 Å². The van der Waals surface area contributed by atoms with E-state index in [0.29, 0.717) is 5.82 Å². The van der Waals surface area contributed by atoms with Gasteiger partial charge in [0.1, 0.15) is 11.2 Å². The number of hydrogen-bond acceptors (Lipinski definition) is 3. The Labute approximate surface area is 347 Å². The molecule has 1 aliphatic carbocycles. The maximum atomic E-state index is 6.80. The van der Waals surface area contributed by atoms with Crippen LogP contribution in [0.1, 0.15) is 11.1 Å². The van der Waals surface area contributed by atoms with Crippen LogP contribution in [0.3, 0.4) is 0 Å². The minimum atomic E-state index is 0.712. The molecule has 280 valence electrons. The summed E-state index contributed by atoms with van der Waals surface area (Å²) < 4.78 is 6.80. The van der Waals surface area contributed by atoms with Crippen molar-refractivity contribution in [1.29, 1.82) is 0 Å². The van der Waals surface area contributed by atoms with Crippen molar-refractivity contribution < 1.29 is 4.42 Å². The van der Waals surface area contributed by atoms with Gasteiger partial charge in [0.05, 0.1) is 11.4 Å². The van der Waals surface area contributed by atoms with Gasteiger partial charge < -0.3 is 4.42 Å². The molecule has 3 heteroatoms. The predicted molar refractivity (Wildman–Crippen MR) is 248 cm³/mol. The lowest BCUT2D eigenvalue weighted by Crippen LogP contribution is -1.95. The summed E-state index contributed by atoms with van der Waals surface area (Å²) in [5.74, 6) is 0.712. The first kappa shape index (κ1) is 34.2. The van der Waals surface area contributed by atoms with Crippen molar-refractivity contribution in [1.82, 2.24) is 9.97 Å². The lowest BCUT2D eigenvalue weighted by Gasteiger charge is -2.12. The first-order chi connectivity index (χ1) is 29.7. The average Bonchev–Trinajstić information content (AvgIpc) is 3.91. The number of nitrogens with zero attached hydrogens (tertiary/aromatic N) is 2. The minimum absolute atomic E-state index is 0.712. The van der Waals surface area contributed by atoms with Crippen molar-refractivity contribution in [3.63, 3.8) is 0 Å². The zero-order chi connectivity index (χ0) is 39.6. The van der Waals surface area contributed by atoms with Gasteiger partial charge >= 0.3 is 0 Å². The maximum absolute atomic E-state index is 6.80. The highest BCUT2D eigenvalue weighted by atomic mass is 16.3. The van der Waals surface area contributed by atoms with Crippen molar-refractivity contribution in [2.45, 2.75) is 6.42 Å². The van der Waals surface area contributed by atoms with Crippen molar-refractivity contribution in [3.8, 4) is 78.4 Å². The van der Waals surface area contributed by atoms with Crippen LogP contribution in [-0.2, 0) is 6.42 Å². The standard InChI is InChI=1S/C57H36N2O/c1-3-14-37(15-4-1)52-35-53(59-57(58-52)39-16-5-2-6-17-39)38-30-28-36(29-31-38)40-19-11-20-41(32-40)49-34-51-55-47(26-13-27-54(55)60-56(51)48-23-10-9-22-46(48)49)45-25-12-24-44-43-21-8-7-18-42(43)33-50(44)45/h1-32,34-35H,33H2. The number of aromatic nitrogens is 2. The number of fused-ring (bicyclic) bond motifs is 8. The molecule has 2 heterocycles. The third kappa shape index (κ3) is 5.66. The molecule has 0 atom stereocenters. The summed E-state index contributed by atoms with van der Waals surface area (Å²) in [6.45, 7) is 0. The first-order valence-corrected chi connectivity index (χ1v) is 20.5. The smallest absolute Gasteiger partial charge is 0.160 e. The summed E-state index contributed by atoms with van der Waals surface area (Å²) in [7, 11) is 0. The molecular weight excluding hydrogens is 729 g/mol. The van der Waals surface area contributed by atoms with Gasteiger partial charge in [-0.05, 0) is 91.7 Å². The van der Waals surface area contributed by atoms with Crippen LogP contribution in [0, 0.1) is 0 Å². The summed E-state index contributed by atoms with van der Waals surface area (Å²) >= 11 is 0. The Morgan fingerprint density at radius 2 is 0.917 bits per heavy atom. The van der Waals surface area contributed by atoms with Crippen molar-refractivity contribution >= 4 is 32.7 Å². The molecule has 12 rings (SSSR count). The van der Waals surface area contributed by atoms with Gasteiger partial charge in [-0.1, -0.05) is 182 Å². The van der Waals surface area contributed by atoms with E-state index in [9.17, 15) is 0 Å². The number of rotatable bonds is 6. The van der Waals surface area contributed by atoms with Crippen molar-refractivity contribution in [3.05, 3.63) is 217 Å². The fourth-order valence-corrected chi connectivity index (χ4v) is 9.29. The van der Waals surface area contributed by atoms with Crippen LogP contribution in [0.25, 0.3) is 111 Å². The summed E-state index contributed by atoms with van der Waals surface area (Å²) in [6, 6.07) is 73.4. The second-order valence-electron chi connectivity index (χ2n) is 15.6.